The molecule has 1 amide bonds. The van der Waals surface area contributed by atoms with E-state index in [0.717, 1.165) is 22.6 Å². The fraction of sp³-hybridized carbons (Fsp3) is 0.0800. The SMILES string of the molecule is O=C(Nc1ccc(NCc2ccccn2)nc1)C(c1ccccc1)c1ccccc1. The Morgan fingerprint density at radius 1 is 0.767 bits per heavy atom. The average molecular weight is 394 g/mol. The number of hydrogen-bond acceptors (Lipinski definition) is 4. The minimum Gasteiger partial charge on any atom is -0.364 e. The maximum atomic E-state index is 13.1. The highest BCUT2D eigenvalue weighted by molar-refractivity contribution is 5.98. The maximum absolute atomic E-state index is 13.1. The van der Waals surface area contributed by atoms with Crippen molar-refractivity contribution < 1.29 is 4.79 Å². The lowest BCUT2D eigenvalue weighted by atomic mass is 9.90. The Morgan fingerprint density at radius 3 is 2.00 bits per heavy atom. The Morgan fingerprint density at radius 2 is 1.43 bits per heavy atom. The second-order valence-electron chi connectivity index (χ2n) is 6.85. The molecule has 0 aliphatic carbocycles. The quantitative estimate of drug-likeness (QED) is 0.470. The number of carbonyl (C=O) groups is 1. The van der Waals surface area contributed by atoms with Gasteiger partial charge < -0.3 is 10.6 Å². The maximum Gasteiger partial charge on any atom is 0.236 e. The smallest absolute Gasteiger partial charge is 0.236 e. The number of nitrogens with zero attached hydrogens (tertiary/aromatic N) is 2. The summed E-state index contributed by atoms with van der Waals surface area (Å²) in [6.45, 7) is 0.587. The molecule has 0 unspecified atom stereocenters. The van der Waals surface area contributed by atoms with Gasteiger partial charge in [-0.3, -0.25) is 9.78 Å². The summed E-state index contributed by atoms with van der Waals surface area (Å²) in [5, 5.41) is 6.23. The van der Waals surface area contributed by atoms with Crippen molar-refractivity contribution in [1.29, 1.82) is 0 Å². The molecule has 5 nitrogen and oxygen atoms in total. The van der Waals surface area contributed by atoms with E-state index in [4.69, 9.17) is 0 Å². The van der Waals surface area contributed by atoms with E-state index < -0.39 is 5.92 Å². The van der Waals surface area contributed by atoms with Gasteiger partial charge in [0.1, 0.15) is 5.82 Å². The molecule has 0 saturated carbocycles. The Bertz CT molecular complexity index is 1030. The largest absolute Gasteiger partial charge is 0.364 e. The van der Waals surface area contributed by atoms with E-state index in [1.165, 1.54) is 0 Å². The zero-order valence-corrected chi connectivity index (χ0v) is 16.4. The number of hydrogen-bond donors (Lipinski definition) is 2. The first-order valence-corrected chi connectivity index (χ1v) is 9.80. The second kappa shape index (κ2) is 9.47. The molecule has 2 N–H and O–H groups in total. The minimum absolute atomic E-state index is 0.0941. The molecule has 4 aromatic rings. The Kier molecular flexibility index (Phi) is 6.11. The van der Waals surface area contributed by atoms with Gasteiger partial charge in [-0.25, -0.2) is 4.98 Å². The van der Waals surface area contributed by atoms with E-state index in [9.17, 15) is 4.79 Å². The van der Waals surface area contributed by atoms with Crippen molar-refractivity contribution in [2.45, 2.75) is 12.5 Å². The van der Waals surface area contributed by atoms with Gasteiger partial charge in [0.05, 0.1) is 30.0 Å². The summed E-state index contributed by atoms with van der Waals surface area (Å²) in [5.74, 6) is 0.235. The lowest BCUT2D eigenvalue weighted by Gasteiger charge is -2.18. The fourth-order valence-corrected chi connectivity index (χ4v) is 3.26. The normalized spacial score (nSPS) is 10.6. The third kappa shape index (κ3) is 4.89. The average Bonchev–Trinajstić information content (AvgIpc) is 2.81. The first kappa shape index (κ1) is 19.3. The number of amides is 1. The van der Waals surface area contributed by atoms with E-state index in [0.29, 0.717) is 12.2 Å². The zero-order valence-electron chi connectivity index (χ0n) is 16.4. The molecule has 2 heterocycles. The van der Waals surface area contributed by atoms with Crippen LogP contribution in [0.4, 0.5) is 11.5 Å². The molecule has 0 radical (unpaired) electrons. The van der Waals surface area contributed by atoms with Crippen molar-refractivity contribution in [2.24, 2.45) is 0 Å². The molecule has 30 heavy (non-hydrogen) atoms. The topological polar surface area (TPSA) is 66.9 Å². The number of benzene rings is 2. The summed E-state index contributed by atoms with van der Waals surface area (Å²) < 4.78 is 0. The van der Waals surface area contributed by atoms with Gasteiger partial charge in [-0.2, -0.15) is 0 Å². The molecular weight excluding hydrogens is 372 g/mol. The molecule has 0 saturated heterocycles. The third-order valence-corrected chi connectivity index (χ3v) is 4.74. The van der Waals surface area contributed by atoms with E-state index in [-0.39, 0.29) is 5.91 Å². The second-order valence-corrected chi connectivity index (χ2v) is 6.85. The number of carbonyl (C=O) groups excluding carboxylic acids is 1. The van der Waals surface area contributed by atoms with Crippen molar-refractivity contribution in [3.63, 3.8) is 0 Å². The molecule has 0 bridgehead atoms. The van der Waals surface area contributed by atoms with Gasteiger partial charge in [0, 0.05) is 6.20 Å². The van der Waals surface area contributed by atoms with Crippen LogP contribution in [-0.4, -0.2) is 15.9 Å². The van der Waals surface area contributed by atoms with Crippen LogP contribution in [0.15, 0.2) is 103 Å². The van der Waals surface area contributed by atoms with Crippen molar-refractivity contribution >= 4 is 17.4 Å². The van der Waals surface area contributed by atoms with Crippen LogP contribution in [0.25, 0.3) is 0 Å². The van der Waals surface area contributed by atoms with Gasteiger partial charge in [0.2, 0.25) is 5.91 Å². The van der Waals surface area contributed by atoms with Crippen LogP contribution in [0.1, 0.15) is 22.7 Å². The molecule has 4 rings (SSSR count). The number of pyridine rings is 2. The van der Waals surface area contributed by atoms with Gasteiger partial charge >= 0.3 is 0 Å². The summed E-state index contributed by atoms with van der Waals surface area (Å²) >= 11 is 0. The van der Waals surface area contributed by atoms with Crippen molar-refractivity contribution in [2.75, 3.05) is 10.6 Å². The summed E-state index contributed by atoms with van der Waals surface area (Å²) in [7, 11) is 0. The summed E-state index contributed by atoms with van der Waals surface area (Å²) in [6.07, 6.45) is 3.42. The number of rotatable bonds is 7. The molecule has 148 valence electrons. The van der Waals surface area contributed by atoms with Gasteiger partial charge in [-0.15, -0.1) is 0 Å². The van der Waals surface area contributed by atoms with Crippen molar-refractivity contribution in [3.8, 4) is 0 Å². The van der Waals surface area contributed by atoms with Crippen LogP contribution >= 0.6 is 0 Å². The predicted octanol–water partition coefficient (Wildman–Crippen LogP) is 4.86. The molecule has 0 aliphatic heterocycles. The molecule has 0 aliphatic rings. The van der Waals surface area contributed by atoms with Crippen LogP contribution in [0.2, 0.25) is 0 Å². The molecule has 5 heteroatoms. The molecular formula is C25H22N4O. The minimum atomic E-state index is -0.394. The van der Waals surface area contributed by atoms with Crippen molar-refractivity contribution in [3.05, 3.63) is 120 Å². The zero-order chi connectivity index (χ0) is 20.6. The lowest BCUT2D eigenvalue weighted by molar-refractivity contribution is -0.116. The van der Waals surface area contributed by atoms with Gasteiger partial charge in [0.15, 0.2) is 0 Å². The summed E-state index contributed by atoms with van der Waals surface area (Å²) in [6, 6.07) is 29.1. The molecule has 2 aromatic heterocycles. The highest BCUT2D eigenvalue weighted by atomic mass is 16.1. The summed E-state index contributed by atoms with van der Waals surface area (Å²) in [5.41, 5.74) is 3.48. The fourth-order valence-electron chi connectivity index (χ4n) is 3.26. The monoisotopic (exact) mass is 394 g/mol. The lowest BCUT2D eigenvalue weighted by Crippen LogP contribution is -2.22. The predicted molar refractivity (Wildman–Crippen MR) is 119 cm³/mol. The molecule has 0 fully saturated rings. The standard InChI is InChI=1S/C25H22N4O/c30-25(24(19-9-3-1-4-10-19)20-11-5-2-6-12-20)29-22-14-15-23(28-18-22)27-17-21-13-7-8-16-26-21/h1-16,18,24H,17H2,(H,27,28)(H,29,30). The third-order valence-electron chi connectivity index (χ3n) is 4.74. The highest BCUT2D eigenvalue weighted by Gasteiger charge is 2.22. The van der Waals surface area contributed by atoms with Gasteiger partial charge in [0.25, 0.3) is 0 Å². The van der Waals surface area contributed by atoms with Crippen LogP contribution in [0, 0.1) is 0 Å². The van der Waals surface area contributed by atoms with Crippen LogP contribution in [0.5, 0.6) is 0 Å². The molecule has 2 aromatic carbocycles. The number of aromatic nitrogens is 2. The Balaban J connectivity index is 1.46. The number of anilines is 2. The van der Waals surface area contributed by atoms with Crippen LogP contribution in [-0.2, 0) is 11.3 Å². The first-order valence-electron chi connectivity index (χ1n) is 9.80. The van der Waals surface area contributed by atoms with Crippen LogP contribution < -0.4 is 10.6 Å². The first-order chi connectivity index (χ1) is 14.8. The Labute approximate surface area is 175 Å². The summed E-state index contributed by atoms with van der Waals surface area (Å²) in [4.78, 5) is 21.8. The van der Waals surface area contributed by atoms with E-state index in [1.54, 1.807) is 12.4 Å². The Hall–Kier alpha value is -3.99. The molecule has 0 spiro atoms. The van der Waals surface area contributed by atoms with Crippen LogP contribution in [0.3, 0.4) is 0 Å². The van der Waals surface area contributed by atoms with Gasteiger partial charge in [-0.1, -0.05) is 66.7 Å². The van der Waals surface area contributed by atoms with Gasteiger partial charge in [-0.05, 0) is 35.4 Å². The highest BCUT2D eigenvalue weighted by Crippen LogP contribution is 2.26. The van der Waals surface area contributed by atoms with E-state index in [2.05, 4.69) is 20.6 Å². The van der Waals surface area contributed by atoms with E-state index >= 15 is 0 Å². The van der Waals surface area contributed by atoms with Crippen molar-refractivity contribution in [1.82, 2.24) is 9.97 Å². The van der Waals surface area contributed by atoms with E-state index in [1.807, 2.05) is 91.0 Å². The molecule has 0 atom stereocenters. The number of nitrogens with one attached hydrogen (secondary N) is 2.